The van der Waals surface area contributed by atoms with Crippen molar-refractivity contribution in [2.45, 2.75) is 57.2 Å². The van der Waals surface area contributed by atoms with Crippen LogP contribution in [0.15, 0.2) is 48.5 Å². The lowest BCUT2D eigenvalue weighted by Crippen LogP contribution is -2.42. The third-order valence-corrected chi connectivity index (χ3v) is 6.90. The van der Waals surface area contributed by atoms with E-state index in [1.165, 1.54) is 24.6 Å². The van der Waals surface area contributed by atoms with Crippen LogP contribution in [0.2, 0.25) is 0 Å². The monoisotopic (exact) mass is 434 g/mol. The largest absolute Gasteiger partial charge is 0.371 e. The van der Waals surface area contributed by atoms with Crippen molar-refractivity contribution in [1.29, 1.82) is 0 Å². The van der Waals surface area contributed by atoms with Crippen LogP contribution in [0.1, 0.15) is 54.6 Å². The van der Waals surface area contributed by atoms with Crippen molar-refractivity contribution in [3.63, 3.8) is 0 Å². The van der Waals surface area contributed by atoms with Gasteiger partial charge in [-0.3, -0.25) is 4.79 Å². The molecule has 0 spiro atoms. The summed E-state index contributed by atoms with van der Waals surface area (Å²) >= 11 is 0. The molecular formula is C26H31FN4O. The summed E-state index contributed by atoms with van der Waals surface area (Å²) in [6.45, 7) is 2.73. The van der Waals surface area contributed by atoms with Gasteiger partial charge in [0.15, 0.2) is 0 Å². The molecule has 3 aromatic rings. The Balaban J connectivity index is 1.10. The number of nitrogens with zero attached hydrogens (tertiary/aromatic N) is 1. The molecule has 32 heavy (non-hydrogen) atoms. The Morgan fingerprint density at radius 3 is 2.47 bits per heavy atom. The highest BCUT2D eigenvalue weighted by atomic mass is 19.1. The van der Waals surface area contributed by atoms with E-state index >= 15 is 0 Å². The van der Waals surface area contributed by atoms with Gasteiger partial charge in [-0.05, 0) is 74.2 Å². The first kappa shape index (κ1) is 21.0. The van der Waals surface area contributed by atoms with Crippen LogP contribution < -0.4 is 15.5 Å². The van der Waals surface area contributed by atoms with Gasteiger partial charge in [-0.1, -0.05) is 12.8 Å². The van der Waals surface area contributed by atoms with E-state index in [9.17, 15) is 9.18 Å². The van der Waals surface area contributed by atoms with Gasteiger partial charge in [0.1, 0.15) is 5.82 Å². The first-order chi connectivity index (χ1) is 15.6. The van der Waals surface area contributed by atoms with Crippen molar-refractivity contribution < 1.29 is 9.18 Å². The van der Waals surface area contributed by atoms with E-state index in [1.54, 1.807) is 12.1 Å². The third-order valence-electron chi connectivity index (χ3n) is 6.90. The summed E-state index contributed by atoms with van der Waals surface area (Å²) in [5.74, 6) is -0.156. The van der Waals surface area contributed by atoms with Gasteiger partial charge in [-0.2, -0.15) is 0 Å². The second-order valence-corrected chi connectivity index (χ2v) is 9.17. The molecule has 2 heterocycles. The number of aromatic amines is 1. The molecule has 1 aliphatic carbocycles. The molecule has 2 aromatic carbocycles. The molecule has 6 heteroatoms. The van der Waals surface area contributed by atoms with Gasteiger partial charge in [-0.15, -0.1) is 0 Å². The van der Waals surface area contributed by atoms with Crippen LogP contribution in [-0.2, 0) is 6.54 Å². The first-order valence-corrected chi connectivity index (χ1v) is 11.8. The maximum atomic E-state index is 13.4. The molecule has 0 bridgehead atoms. The minimum Gasteiger partial charge on any atom is -0.371 e. The quantitative estimate of drug-likeness (QED) is 0.525. The average Bonchev–Trinajstić information content (AvgIpc) is 3.47. The molecule has 0 unspecified atom stereocenters. The van der Waals surface area contributed by atoms with Gasteiger partial charge in [0.25, 0.3) is 5.91 Å². The number of anilines is 1. The van der Waals surface area contributed by atoms with Gasteiger partial charge in [0.05, 0.1) is 0 Å². The van der Waals surface area contributed by atoms with Crippen molar-refractivity contribution in [2.75, 3.05) is 18.0 Å². The van der Waals surface area contributed by atoms with Crippen molar-refractivity contribution in [1.82, 2.24) is 15.6 Å². The normalized spacial score (nSPS) is 17.8. The molecule has 5 rings (SSSR count). The maximum absolute atomic E-state index is 13.4. The van der Waals surface area contributed by atoms with Gasteiger partial charge < -0.3 is 20.5 Å². The standard InChI is InChI=1S/C26H31FN4O/c27-20-7-10-25-19(15-20)16-23(29-25)17-28-21-11-13-31(14-12-21)24-8-5-18(6-9-24)26(32)30-22-3-1-2-4-22/h5-10,15-16,21-22,28-29H,1-4,11-14,17H2,(H,30,32). The average molecular weight is 435 g/mol. The predicted octanol–water partition coefficient (Wildman–Crippen LogP) is 4.74. The van der Waals surface area contributed by atoms with E-state index < -0.39 is 0 Å². The Kier molecular flexibility index (Phi) is 6.12. The summed E-state index contributed by atoms with van der Waals surface area (Å²) in [5.41, 5.74) is 3.98. The molecule has 2 fully saturated rings. The highest BCUT2D eigenvalue weighted by Crippen LogP contribution is 2.23. The molecular weight excluding hydrogens is 403 g/mol. The van der Waals surface area contributed by atoms with Crippen molar-refractivity contribution in [3.05, 3.63) is 65.6 Å². The summed E-state index contributed by atoms with van der Waals surface area (Å²) < 4.78 is 13.4. The minimum atomic E-state index is -0.203. The fraction of sp³-hybridized carbons (Fsp3) is 0.423. The van der Waals surface area contributed by atoms with Crippen molar-refractivity contribution in [2.24, 2.45) is 0 Å². The molecule has 3 N–H and O–H groups in total. The molecule has 5 nitrogen and oxygen atoms in total. The van der Waals surface area contributed by atoms with E-state index in [1.807, 2.05) is 18.2 Å². The van der Waals surface area contributed by atoms with Crippen LogP contribution in [0.25, 0.3) is 10.9 Å². The molecule has 0 radical (unpaired) electrons. The second-order valence-electron chi connectivity index (χ2n) is 9.17. The zero-order valence-corrected chi connectivity index (χ0v) is 18.4. The van der Waals surface area contributed by atoms with Gasteiger partial charge >= 0.3 is 0 Å². The second kappa shape index (κ2) is 9.33. The number of halogens is 1. The number of carbonyl (C=O) groups is 1. The Hall–Kier alpha value is -2.86. The maximum Gasteiger partial charge on any atom is 0.251 e. The van der Waals surface area contributed by atoms with Crippen LogP contribution in [0.3, 0.4) is 0 Å². The van der Waals surface area contributed by atoms with Gasteiger partial charge in [0, 0.05) is 59.6 Å². The Morgan fingerprint density at radius 2 is 1.72 bits per heavy atom. The van der Waals surface area contributed by atoms with E-state index in [-0.39, 0.29) is 11.7 Å². The van der Waals surface area contributed by atoms with E-state index in [0.29, 0.717) is 12.1 Å². The van der Waals surface area contributed by atoms with Crippen LogP contribution in [0.4, 0.5) is 10.1 Å². The van der Waals surface area contributed by atoms with Crippen LogP contribution in [0, 0.1) is 5.82 Å². The Labute approximate surface area is 188 Å². The SMILES string of the molecule is O=C(NC1CCCC1)c1ccc(N2CCC(NCc3cc4cc(F)ccc4[nH]3)CC2)cc1. The van der Waals surface area contributed by atoms with Crippen molar-refractivity contribution in [3.8, 4) is 0 Å². The smallest absolute Gasteiger partial charge is 0.251 e. The predicted molar refractivity (Wildman–Crippen MR) is 126 cm³/mol. The molecule has 0 atom stereocenters. The molecule has 1 aromatic heterocycles. The van der Waals surface area contributed by atoms with Crippen LogP contribution in [0.5, 0.6) is 0 Å². The molecule has 2 aliphatic rings. The topological polar surface area (TPSA) is 60.2 Å². The van der Waals surface area contributed by atoms with Gasteiger partial charge in [-0.25, -0.2) is 4.39 Å². The number of hydrogen-bond acceptors (Lipinski definition) is 3. The molecule has 1 saturated carbocycles. The number of fused-ring (bicyclic) bond motifs is 1. The lowest BCUT2D eigenvalue weighted by atomic mass is 10.0. The molecule has 1 aliphatic heterocycles. The number of benzene rings is 2. The van der Waals surface area contributed by atoms with E-state index in [0.717, 1.165) is 67.5 Å². The third kappa shape index (κ3) is 4.80. The number of rotatable bonds is 6. The number of nitrogens with one attached hydrogen (secondary N) is 3. The first-order valence-electron chi connectivity index (χ1n) is 11.8. The number of piperidine rings is 1. The number of H-pyrrole nitrogens is 1. The fourth-order valence-corrected chi connectivity index (χ4v) is 5.02. The van der Waals surface area contributed by atoms with Crippen LogP contribution in [-0.4, -0.2) is 36.1 Å². The number of aromatic nitrogens is 1. The lowest BCUT2D eigenvalue weighted by molar-refractivity contribution is 0.0938. The highest BCUT2D eigenvalue weighted by molar-refractivity contribution is 5.94. The fourth-order valence-electron chi connectivity index (χ4n) is 5.02. The van der Waals surface area contributed by atoms with E-state index in [4.69, 9.17) is 0 Å². The number of carbonyl (C=O) groups excluding carboxylic acids is 1. The summed E-state index contributed by atoms with van der Waals surface area (Å²) in [4.78, 5) is 18.2. The number of amides is 1. The highest BCUT2D eigenvalue weighted by Gasteiger charge is 2.21. The molecule has 168 valence electrons. The number of hydrogen-bond donors (Lipinski definition) is 3. The Morgan fingerprint density at radius 1 is 0.969 bits per heavy atom. The minimum absolute atomic E-state index is 0.0473. The van der Waals surface area contributed by atoms with Gasteiger partial charge in [0.2, 0.25) is 0 Å². The lowest BCUT2D eigenvalue weighted by Gasteiger charge is -2.34. The molecule has 1 saturated heterocycles. The van der Waals surface area contributed by atoms with Crippen molar-refractivity contribution >= 4 is 22.5 Å². The zero-order valence-electron chi connectivity index (χ0n) is 18.4. The molecule has 1 amide bonds. The zero-order chi connectivity index (χ0) is 21.9. The summed E-state index contributed by atoms with van der Waals surface area (Å²) in [6, 6.07) is 15.7. The van der Waals surface area contributed by atoms with Crippen LogP contribution >= 0.6 is 0 Å². The van der Waals surface area contributed by atoms with E-state index in [2.05, 4.69) is 32.7 Å². The summed E-state index contributed by atoms with van der Waals surface area (Å²) in [6.07, 6.45) is 6.78. The summed E-state index contributed by atoms with van der Waals surface area (Å²) in [5, 5.41) is 7.71. The Bertz CT molecular complexity index is 1060. The summed E-state index contributed by atoms with van der Waals surface area (Å²) in [7, 11) is 0.